The second-order valence-electron chi connectivity index (χ2n) is 3.80. The first-order valence-corrected chi connectivity index (χ1v) is 5.03. The standard InChI is InChI=1S/C9H13N3O3/c13-7-5-12(9(15)10-7)6-8(14)11-3-1-2-4-11/h1-6H2,(H,10,13,15). The summed E-state index contributed by atoms with van der Waals surface area (Å²) in [5, 5.41) is 2.14. The molecule has 2 saturated heterocycles. The molecule has 4 amide bonds. The van der Waals surface area contributed by atoms with Crippen molar-refractivity contribution in [2.45, 2.75) is 12.8 Å². The van der Waals surface area contributed by atoms with Crippen molar-refractivity contribution < 1.29 is 14.4 Å². The second kappa shape index (κ2) is 3.88. The molecule has 2 aliphatic rings. The predicted octanol–water partition coefficient (Wildman–Crippen LogP) is -0.839. The van der Waals surface area contributed by atoms with Crippen LogP contribution in [0.3, 0.4) is 0 Å². The molecule has 2 heterocycles. The molecular formula is C9H13N3O3. The van der Waals surface area contributed by atoms with Crippen LogP contribution in [-0.2, 0) is 9.59 Å². The molecule has 82 valence electrons. The highest BCUT2D eigenvalue weighted by atomic mass is 16.2. The molecule has 0 saturated carbocycles. The van der Waals surface area contributed by atoms with Crippen molar-refractivity contribution >= 4 is 17.8 Å². The smallest absolute Gasteiger partial charge is 0.325 e. The molecule has 0 aromatic rings. The average molecular weight is 211 g/mol. The molecule has 0 unspecified atom stereocenters. The van der Waals surface area contributed by atoms with Gasteiger partial charge in [-0.3, -0.25) is 14.9 Å². The number of amides is 4. The zero-order valence-electron chi connectivity index (χ0n) is 8.36. The van der Waals surface area contributed by atoms with Crippen LogP contribution in [0.5, 0.6) is 0 Å². The van der Waals surface area contributed by atoms with E-state index in [4.69, 9.17) is 0 Å². The molecular weight excluding hydrogens is 198 g/mol. The van der Waals surface area contributed by atoms with Crippen LogP contribution in [0.4, 0.5) is 4.79 Å². The molecule has 2 aliphatic heterocycles. The van der Waals surface area contributed by atoms with E-state index in [-0.39, 0.29) is 24.9 Å². The van der Waals surface area contributed by atoms with Crippen LogP contribution in [0.25, 0.3) is 0 Å². The molecule has 6 nitrogen and oxygen atoms in total. The van der Waals surface area contributed by atoms with Crippen LogP contribution >= 0.6 is 0 Å². The lowest BCUT2D eigenvalue weighted by Gasteiger charge is -2.19. The molecule has 2 fully saturated rings. The largest absolute Gasteiger partial charge is 0.341 e. The van der Waals surface area contributed by atoms with Gasteiger partial charge in [0, 0.05) is 13.1 Å². The SMILES string of the molecule is O=C1CN(CC(=O)N2CCCC2)C(=O)N1. The van der Waals surface area contributed by atoms with Gasteiger partial charge in [-0.25, -0.2) is 4.79 Å². The summed E-state index contributed by atoms with van der Waals surface area (Å²) >= 11 is 0. The Kier molecular flexibility index (Phi) is 2.57. The third-order valence-corrected chi connectivity index (χ3v) is 2.65. The summed E-state index contributed by atoms with van der Waals surface area (Å²) in [7, 11) is 0. The van der Waals surface area contributed by atoms with Crippen LogP contribution in [0.1, 0.15) is 12.8 Å². The minimum atomic E-state index is -0.465. The molecule has 0 spiro atoms. The maximum absolute atomic E-state index is 11.6. The first kappa shape index (κ1) is 9.95. The first-order chi connectivity index (χ1) is 7.16. The normalized spacial score (nSPS) is 21.1. The van der Waals surface area contributed by atoms with Crippen LogP contribution in [0, 0.1) is 0 Å². The van der Waals surface area contributed by atoms with Gasteiger partial charge < -0.3 is 9.80 Å². The van der Waals surface area contributed by atoms with Crippen molar-refractivity contribution in [3.8, 4) is 0 Å². The number of hydrogen-bond donors (Lipinski definition) is 1. The number of carbonyl (C=O) groups excluding carboxylic acids is 3. The van der Waals surface area contributed by atoms with E-state index in [1.165, 1.54) is 4.90 Å². The van der Waals surface area contributed by atoms with Gasteiger partial charge in [0.25, 0.3) is 0 Å². The van der Waals surface area contributed by atoms with E-state index < -0.39 is 6.03 Å². The molecule has 0 aromatic carbocycles. The summed E-state index contributed by atoms with van der Waals surface area (Å²) in [4.78, 5) is 36.6. The van der Waals surface area contributed by atoms with E-state index in [0.29, 0.717) is 0 Å². The fourth-order valence-corrected chi connectivity index (χ4v) is 1.84. The summed E-state index contributed by atoms with van der Waals surface area (Å²) in [6.07, 6.45) is 2.05. The zero-order valence-corrected chi connectivity index (χ0v) is 8.36. The van der Waals surface area contributed by atoms with E-state index in [0.717, 1.165) is 25.9 Å². The van der Waals surface area contributed by atoms with E-state index in [1.807, 2.05) is 0 Å². The number of hydrogen-bond acceptors (Lipinski definition) is 3. The highest BCUT2D eigenvalue weighted by molar-refractivity contribution is 6.03. The Balaban J connectivity index is 1.88. The van der Waals surface area contributed by atoms with Gasteiger partial charge in [0.05, 0.1) is 0 Å². The zero-order chi connectivity index (χ0) is 10.8. The van der Waals surface area contributed by atoms with Gasteiger partial charge in [0.15, 0.2) is 0 Å². The average Bonchev–Trinajstić information content (AvgIpc) is 2.76. The fourth-order valence-electron chi connectivity index (χ4n) is 1.84. The lowest BCUT2D eigenvalue weighted by molar-refractivity contribution is -0.130. The number of likely N-dealkylation sites (tertiary alicyclic amines) is 1. The highest BCUT2D eigenvalue weighted by Gasteiger charge is 2.30. The third kappa shape index (κ3) is 2.08. The van der Waals surface area contributed by atoms with Crippen LogP contribution < -0.4 is 5.32 Å². The molecule has 6 heteroatoms. The van der Waals surface area contributed by atoms with Gasteiger partial charge in [-0.05, 0) is 12.8 Å². The van der Waals surface area contributed by atoms with Crippen molar-refractivity contribution in [3.05, 3.63) is 0 Å². The molecule has 1 N–H and O–H groups in total. The predicted molar refractivity (Wildman–Crippen MR) is 50.9 cm³/mol. The molecule has 0 aromatic heterocycles. The van der Waals surface area contributed by atoms with Crippen molar-refractivity contribution in [3.63, 3.8) is 0 Å². The number of nitrogens with one attached hydrogen (secondary N) is 1. The van der Waals surface area contributed by atoms with Crippen molar-refractivity contribution in [1.29, 1.82) is 0 Å². The fraction of sp³-hybridized carbons (Fsp3) is 0.667. The minimum Gasteiger partial charge on any atom is -0.341 e. The second-order valence-corrected chi connectivity index (χ2v) is 3.80. The lowest BCUT2D eigenvalue weighted by Crippen LogP contribution is -2.40. The molecule has 2 rings (SSSR count). The number of rotatable bonds is 2. The number of nitrogens with zero attached hydrogens (tertiary/aromatic N) is 2. The Bertz CT molecular complexity index is 310. The van der Waals surface area contributed by atoms with Crippen molar-refractivity contribution in [2.24, 2.45) is 0 Å². The summed E-state index contributed by atoms with van der Waals surface area (Å²) in [6, 6.07) is -0.465. The summed E-state index contributed by atoms with van der Waals surface area (Å²) in [5.41, 5.74) is 0. The maximum Gasteiger partial charge on any atom is 0.325 e. The quantitative estimate of drug-likeness (QED) is 0.605. The minimum absolute atomic E-state index is 0.00157. The van der Waals surface area contributed by atoms with Gasteiger partial charge >= 0.3 is 6.03 Å². The van der Waals surface area contributed by atoms with Gasteiger partial charge in [0.1, 0.15) is 13.1 Å². The van der Waals surface area contributed by atoms with E-state index >= 15 is 0 Å². The Labute approximate surface area is 87.2 Å². The Morgan fingerprint density at radius 2 is 1.93 bits per heavy atom. The molecule has 15 heavy (non-hydrogen) atoms. The van der Waals surface area contributed by atoms with Crippen LogP contribution in [-0.4, -0.2) is 53.8 Å². The van der Waals surface area contributed by atoms with Crippen LogP contribution in [0.2, 0.25) is 0 Å². The Morgan fingerprint density at radius 1 is 1.27 bits per heavy atom. The molecule has 0 aliphatic carbocycles. The van der Waals surface area contributed by atoms with Gasteiger partial charge in [0.2, 0.25) is 11.8 Å². The van der Waals surface area contributed by atoms with Gasteiger partial charge in [-0.2, -0.15) is 0 Å². The Hall–Kier alpha value is -1.59. The number of carbonyl (C=O) groups is 3. The highest BCUT2D eigenvalue weighted by Crippen LogP contribution is 2.08. The van der Waals surface area contributed by atoms with E-state index in [1.54, 1.807) is 4.90 Å². The third-order valence-electron chi connectivity index (χ3n) is 2.65. The van der Waals surface area contributed by atoms with Gasteiger partial charge in [-0.15, -0.1) is 0 Å². The number of imide groups is 1. The first-order valence-electron chi connectivity index (χ1n) is 5.03. The van der Waals surface area contributed by atoms with Crippen molar-refractivity contribution in [1.82, 2.24) is 15.1 Å². The molecule has 0 radical (unpaired) electrons. The number of urea groups is 1. The molecule has 0 atom stereocenters. The Morgan fingerprint density at radius 3 is 2.47 bits per heavy atom. The van der Waals surface area contributed by atoms with E-state index in [9.17, 15) is 14.4 Å². The van der Waals surface area contributed by atoms with Gasteiger partial charge in [-0.1, -0.05) is 0 Å². The monoisotopic (exact) mass is 211 g/mol. The summed E-state index contributed by atoms with van der Waals surface area (Å²) in [6.45, 7) is 1.54. The van der Waals surface area contributed by atoms with Crippen LogP contribution in [0.15, 0.2) is 0 Å². The molecule has 0 bridgehead atoms. The van der Waals surface area contributed by atoms with Crippen molar-refractivity contribution in [2.75, 3.05) is 26.2 Å². The lowest BCUT2D eigenvalue weighted by atomic mass is 10.4. The summed E-state index contributed by atoms with van der Waals surface area (Å²) < 4.78 is 0. The maximum atomic E-state index is 11.6. The summed E-state index contributed by atoms with van der Waals surface area (Å²) in [5.74, 6) is -0.411. The topological polar surface area (TPSA) is 69.7 Å². The van der Waals surface area contributed by atoms with E-state index in [2.05, 4.69) is 5.32 Å².